The van der Waals surface area contributed by atoms with Crippen molar-refractivity contribution in [2.24, 2.45) is 0 Å². The van der Waals surface area contributed by atoms with Crippen LogP contribution >= 0.6 is 0 Å². The molecule has 0 aromatic rings. The minimum atomic E-state index is 1.12. The highest BCUT2D eigenvalue weighted by atomic mass is 15.0. The van der Waals surface area contributed by atoms with Gasteiger partial charge in [-0.15, -0.1) is 0 Å². The molecule has 0 saturated carbocycles. The van der Waals surface area contributed by atoms with E-state index in [9.17, 15) is 0 Å². The van der Waals surface area contributed by atoms with Crippen molar-refractivity contribution in [3.8, 4) is 0 Å². The third-order valence-electron chi connectivity index (χ3n) is 3.85. The third-order valence-corrected chi connectivity index (χ3v) is 3.85. The summed E-state index contributed by atoms with van der Waals surface area (Å²) in [4.78, 5) is 2.00. The van der Waals surface area contributed by atoms with E-state index in [2.05, 4.69) is 13.8 Å². The molecule has 0 rings (SSSR count). The lowest BCUT2D eigenvalue weighted by Crippen LogP contribution is -1.99. The molecule has 0 atom stereocenters. The largest absolute Gasteiger partial charge is 0.312 e. The van der Waals surface area contributed by atoms with Crippen LogP contribution < -0.4 is 0 Å². The SMILES string of the molecule is CN(C)C.[CH2]CCCCCCCCCCCCCCCCC. The molecule has 0 spiro atoms. The maximum atomic E-state index is 3.88. The molecule has 0 saturated heterocycles. The van der Waals surface area contributed by atoms with Crippen LogP contribution in [0.15, 0.2) is 0 Å². The maximum Gasteiger partial charge on any atom is -0.0140 e. The normalized spacial score (nSPS) is 10.6. The summed E-state index contributed by atoms with van der Waals surface area (Å²) in [5.74, 6) is 0. The second-order valence-corrected chi connectivity index (χ2v) is 7.14. The van der Waals surface area contributed by atoms with E-state index in [1.165, 1.54) is 96.3 Å². The molecule has 0 aromatic heterocycles. The van der Waals surface area contributed by atoms with Crippen molar-refractivity contribution in [2.75, 3.05) is 21.1 Å². The van der Waals surface area contributed by atoms with E-state index < -0.39 is 0 Å². The highest BCUT2D eigenvalue weighted by Gasteiger charge is 1.93. The van der Waals surface area contributed by atoms with Crippen LogP contribution in [0.3, 0.4) is 0 Å². The van der Waals surface area contributed by atoms with Crippen molar-refractivity contribution in [1.82, 2.24) is 4.90 Å². The van der Waals surface area contributed by atoms with Gasteiger partial charge in [0.15, 0.2) is 0 Å². The molecular formula is C21H46N. The Labute approximate surface area is 143 Å². The van der Waals surface area contributed by atoms with Crippen molar-refractivity contribution in [3.05, 3.63) is 6.92 Å². The van der Waals surface area contributed by atoms with Gasteiger partial charge in [0.2, 0.25) is 0 Å². The number of nitrogens with zero attached hydrogens (tertiary/aromatic N) is 1. The lowest BCUT2D eigenvalue weighted by molar-refractivity contribution is 0.505. The van der Waals surface area contributed by atoms with Gasteiger partial charge in [0, 0.05) is 0 Å². The van der Waals surface area contributed by atoms with Crippen molar-refractivity contribution < 1.29 is 0 Å². The predicted octanol–water partition coefficient (Wildman–Crippen LogP) is 7.26. The van der Waals surface area contributed by atoms with Crippen LogP contribution in [0.2, 0.25) is 0 Å². The number of hydrogen-bond donors (Lipinski definition) is 0. The van der Waals surface area contributed by atoms with Gasteiger partial charge in [-0.3, -0.25) is 0 Å². The lowest BCUT2D eigenvalue weighted by atomic mass is 10.0. The van der Waals surface area contributed by atoms with Crippen LogP contribution in [0.25, 0.3) is 0 Å². The monoisotopic (exact) mass is 312 g/mol. The minimum Gasteiger partial charge on any atom is -0.312 e. The standard InChI is InChI=1S/C18H37.C3H9N/c1-3-5-7-9-11-13-15-17-18-16-14-12-10-8-6-4-2;1-4(2)3/h1,3-18H2,2H3;1-3H3. The molecule has 22 heavy (non-hydrogen) atoms. The van der Waals surface area contributed by atoms with Crippen LogP contribution in [0.4, 0.5) is 0 Å². The zero-order valence-corrected chi connectivity index (χ0v) is 16.5. The molecular weight excluding hydrogens is 266 g/mol. The molecule has 0 aliphatic heterocycles. The number of hydrogen-bond acceptors (Lipinski definition) is 1. The first-order valence-corrected chi connectivity index (χ1v) is 10.0. The summed E-state index contributed by atoms with van der Waals surface area (Å²) in [6, 6.07) is 0. The predicted molar refractivity (Wildman–Crippen MR) is 105 cm³/mol. The van der Waals surface area contributed by atoms with E-state index in [0.29, 0.717) is 0 Å². The van der Waals surface area contributed by atoms with Crippen molar-refractivity contribution in [2.45, 2.75) is 110 Å². The first-order chi connectivity index (χ1) is 10.6. The summed E-state index contributed by atoms with van der Waals surface area (Å²) in [6.45, 7) is 6.18. The fraction of sp³-hybridized carbons (Fsp3) is 0.952. The van der Waals surface area contributed by atoms with E-state index >= 15 is 0 Å². The van der Waals surface area contributed by atoms with Crippen molar-refractivity contribution >= 4 is 0 Å². The van der Waals surface area contributed by atoms with Crippen LogP contribution in [0, 0.1) is 6.92 Å². The van der Waals surface area contributed by atoms with Crippen molar-refractivity contribution in [1.29, 1.82) is 0 Å². The van der Waals surface area contributed by atoms with Crippen LogP contribution in [0.5, 0.6) is 0 Å². The van der Waals surface area contributed by atoms with Crippen LogP contribution in [-0.4, -0.2) is 26.0 Å². The van der Waals surface area contributed by atoms with Gasteiger partial charge in [0.05, 0.1) is 0 Å². The van der Waals surface area contributed by atoms with E-state index in [1.54, 1.807) is 0 Å². The molecule has 0 bridgehead atoms. The van der Waals surface area contributed by atoms with E-state index in [1.807, 2.05) is 26.0 Å². The first-order valence-electron chi connectivity index (χ1n) is 10.0. The molecule has 0 aliphatic carbocycles. The smallest absolute Gasteiger partial charge is 0.0140 e. The minimum absolute atomic E-state index is 1.12. The number of rotatable bonds is 15. The molecule has 0 amide bonds. The molecule has 135 valence electrons. The Morgan fingerprint density at radius 2 is 0.727 bits per heavy atom. The van der Waals surface area contributed by atoms with E-state index in [4.69, 9.17) is 0 Å². The summed E-state index contributed by atoms with van der Waals surface area (Å²) in [5.41, 5.74) is 0. The Hall–Kier alpha value is -0.0400. The first kappa shape index (κ1) is 24.2. The van der Waals surface area contributed by atoms with Crippen LogP contribution in [-0.2, 0) is 0 Å². The fourth-order valence-corrected chi connectivity index (χ4v) is 2.55. The van der Waals surface area contributed by atoms with Gasteiger partial charge in [-0.05, 0) is 21.1 Å². The Balaban J connectivity index is 0. The molecule has 1 radical (unpaired) electrons. The number of unbranched alkanes of at least 4 members (excludes halogenated alkanes) is 15. The molecule has 0 aromatic carbocycles. The zero-order valence-electron chi connectivity index (χ0n) is 16.5. The Kier molecular flexibility index (Phi) is 25.6. The second kappa shape index (κ2) is 23.2. The Morgan fingerprint density at radius 3 is 0.955 bits per heavy atom. The summed E-state index contributed by atoms with van der Waals surface area (Å²) in [6.07, 6.45) is 22.8. The second-order valence-electron chi connectivity index (χ2n) is 7.14. The summed E-state index contributed by atoms with van der Waals surface area (Å²) in [5, 5.41) is 0. The molecule has 0 fully saturated rings. The summed E-state index contributed by atoms with van der Waals surface area (Å²) < 4.78 is 0. The topological polar surface area (TPSA) is 3.24 Å². The summed E-state index contributed by atoms with van der Waals surface area (Å²) >= 11 is 0. The van der Waals surface area contributed by atoms with Gasteiger partial charge >= 0.3 is 0 Å². The average molecular weight is 313 g/mol. The van der Waals surface area contributed by atoms with Gasteiger partial charge in [-0.1, -0.05) is 117 Å². The zero-order chi connectivity index (χ0) is 16.9. The van der Waals surface area contributed by atoms with Gasteiger partial charge in [0.25, 0.3) is 0 Å². The fourth-order valence-electron chi connectivity index (χ4n) is 2.55. The van der Waals surface area contributed by atoms with E-state index in [-0.39, 0.29) is 0 Å². The quantitative estimate of drug-likeness (QED) is 0.288. The molecule has 1 nitrogen and oxygen atoms in total. The molecule has 0 unspecified atom stereocenters. The van der Waals surface area contributed by atoms with Gasteiger partial charge < -0.3 is 4.90 Å². The van der Waals surface area contributed by atoms with E-state index in [0.717, 1.165) is 6.42 Å². The highest BCUT2D eigenvalue weighted by molar-refractivity contribution is 4.50. The molecule has 0 aliphatic rings. The van der Waals surface area contributed by atoms with Gasteiger partial charge in [-0.25, -0.2) is 0 Å². The average Bonchev–Trinajstić information content (AvgIpc) is 2.47. The molecule has 0 heterocycles. The third kappa shape index (κ3) is 32.1. The molecule has 0 N–H and O–H groups in total. The van der Waals surface area contributed by atoms with Crippen molar-refractivity contribution in [3.63, 3.8) is 0 Å². The highest BCUT2D eigenvalue weighted by Crippen LogP contribution is 2.13. The van der Waals surface area contributed by atoms with Gasteiger partial charge in [-0.2, -0.15) is 0 Å². The Bertz CT molecular complexity index is 147. The van der Waals surface area contributed by atoms with Gasteiger partial charge in [0.1, 0.15) is 0 Å². The maximum absolute atomic E-state index is 3.88. The summed E-state index contributed by atoms with van der Waals surface area (Å²) in [7, 11) is 6.00. The lowest BCUT2D eigenvalue weighted by Gasteiger charge is -2.03. The molecule has 1 heteroatoms. The van der Waals surface area contributed by atoms with Crippen LogP contribution in [0.1, 0.15) is 110 Å². The Morgan fingerprint density at radius 1 is 0.500 bits per heavy atom.